The molecule has 314 valence electrons. The molecule has 0 saturated heterocycles. The Morgan fingerprint density at radius 3 is 1.17 bits per heavy atom. The molecule has 0 heterocycles. The van der Waals surface area contributed by atoms with Gasteiger partial charge in [0.1, 0.15) is 23.0 Å². The molecule has 0 aromatic heterocycles. The second-order valence-corrected chi connectivity index (χ2v) is 14.4. The maximum Gasteiger partial charge on any atom is 0.336 e. The van der Waals surface area contributed by atoms with Gasteiger partial charge >= 0.3 is 11.9 Å². The molecular formula is C54H40N2O8. The molecule has 8 aromatic carbocycles. The molecule has 2 N–H and O–H groups in total. The molecule has 8 rings (SSSR count). The average molecular weight is 845 g/mol. The summed E-state index contributed by atoms with van der Waals surface area (Å²) in [5.74, 6) is 0.0772. The Morgan fingerprint density at radius 2 is 0.797 bits per heavy atom. The quantitative estimate of drug-likeness (QED) is 0.0667. The second kappa shape index (κ2) is 19.3. The van der Waals surface area contributed by atoms with E-state index in [2.05, 4.69) is 10.6 Å². The van der Waals surface area contributed by atoms with E-state index in [0.717, 1.165) is 21.5 Å². The van der Waals surface area contributed by atoms with Crippen LogP contribution in [0.3, 0.4) is 0 Å². The highest BCUT2D eigenvalue weighted by atomic mass is 16.5. The number of carbonyl (C=O) groups excluding carboxylic acids is 4. The van der Waals surface area contributed by atoms with Crippen LogP contribution in [0.5, 0.6) is 23.0 Å². The summed E-state index contributed by atoms with van der Waals surface area (Å²) in [5.41, 5.74) is 4.72. The predicted molar refractivity (Wildman–Crippen MR) is 251 cm³/mol. The number of benzene rings is 8. The van der Waals surface area contributed by atoms with Crippen LogP contribution in [0, 0.1) is 0 Å². The van der Waals surface area contributed by atoms with Crippen LogP contribution < -0.4 is 29.6 Å². The molecule has 0 aliphatic rings. The van der Waals surface area contributed by atoms with E-state index in [0.29, 0.717) is 56.3 Å². The van der Waals surface area contributed by atoms with Crippen LogP contribution >= 0.6 is 0 Å². The molecule has 0 spiro atoms. The van der Waals surface area contributed by atoms with Gasteiger partial charge in [0.05, 0.1) is 14.2 Å². The Bertz CT molecular complexity index is 2860. The van der Waals surface area contributed by atoms with Crippen LogP contribution in [-0.2, 0) is 9.59 Å². The standard InChI is InChI=1S/C54H40N2O8/c1-61-43-27-17-39(18-28-43)53(59)55-41-23-11-35(12-24-41)15-33-49(57)63-47-31-21-37-7-3-5-9-45(37)51(47)52-46-10-6-4-8-38(46)22-32-48(52)64-50(58)34-16-36-13-25-42(26-14-36)56-54(60)40-19-29-44(62-2)30-20-40/h3-34H,1-2H3,(H,55,59)(H,56,60)/b33-15+,34-16+. The van der Waals surface area contributed by atoms with Gasteiger partial charge < -0.3 is 29.6 Å². The molecule has 10 heteroatoms. The number of ether oxygens (including phenoxy) is 4. The van der Waals surface area contributed by atoms with E-state index in [9.17, 15) is 19.2 Å². The second-order valence-electron chi connectivity index (χ2n) is 14.4. The lowest BCUT2D eigenvalue weighted by atomic mass is 9.92. The van der Waals surface area contributed by atoms with Gasteiger partial charge in [-0.1, -0.05) is 84.9 Å². The van der Waals surface area contributed by atoms with E-state index in [1.807, 2.05) is 60.7 Å². The normalized spacial score (nSPS) is 11.1. The number of carbonyl (C=O) groups is 4. The van der Waals surface area contributed by atoms with E-state index in [1.165, 1.54) is 12.2 Å². The molecule has 0 atom stereocenters. The van der Waals surface area contributed by atoms with Crippen LogP contribution in [0.1, 0.15) is 31.8 Å². The topological polar surface area (TPSA) is 129 Å². The Labute approximate surface area is 369 Å². The van der Waals surface area contributed by atoms with E-state index >= 15 is 0 Å². The maximum absolute atomic E-state index is 13.5. The summed E-state index contributed by atoms with van der Waals surface area (Å²) in [5, 5.41) is 9.09. The molecular weight excluding hydrogens is 805 g/mol. The summed E-state index contributed by atoms with van der Waals surface area (Å²) in [6.07, 6.45) is 5.92. The molecule has 0 saturated carbocycles. The molecule has 0 radical (unpaired) electrons. The first kappa shape index (κ1) is 42.0. The van der Waals surface area contributed by atoms with Crippen molar-refractivity contribution in [3.8, 4) is 34.1 Å². The van der Waals surface area contributed by atoms with E-state index in [1.54, 1.807) is 136 Å². The molecule has 8 aromatic rings. The minimum atomic E-state index is -0.624. The van der Waals surface area contributed by atoms with Crippen molar-refractivity contribution in [2.75, 3.05) is 24.9 Å². The highest BCUT2D eigenvalue weighted by molar-refractivity contribution is 6.11. The zero-order valence-corrected chi connectivity index (χ0v) is 34.7. The Balaban J connectivity index is 1.01. The first-order valence-corrected chi connectivity index (χ1v) is 20.2. The molecule has 0 unspecified atom stereocenters. The number of methoxy groups -OCH3 is 2. The van der Waals surface area contributed by atoms with Crippen LogP contribution in [0.25, 0.3) is 44.8 Å². The van der Waals surface area contributed by atoms with Gasteiger partial charge in [-0.25, -0.2) is 9.59 Å². The lowest BCUT2D eigenvalue weighted by Gasteiger charge is -2.18. The maximum atomic E-state index is 13.5. The van der Waals surface area contributed by atoms with Crippen molar-refractivity contribution in [1.82, 2.24) is 0 Å². The van der Waals surface area contributed by atoms with Gasteiger partial charge in [0.25, 0.3) is 11.8 Å². The van der Waals surface area contributed by atoms with Crippen molar-refractivity contribution in [2.24, 2.45) is 0 Å². The number of esters is 2. The van der Waals surface area contributed by atoms with Gasteiger partial charge in [-0.05, 0) is 130 Å². The van der Waals surface area contributed by atoms with Crippen LogP contribution in [0.15, 0.2) is 182 Å². The van der Waals surface area contributed by atoms with Crippen molar-refractivity contribution in [3.63, 3.8) is 0 Å². The Kier molecular flexibility index (Phi) is 12.7. The number of hydrogen-bond donors (Lipinski definition) is 2. The summed E-state index contributed by atoms with van der Waals surface area (Å²) in [4.78, 5) is 52.5. The summed E-state index contributed by atoms with van der Waals surface area (Å²) < 4.78 is 22.5. The zero-order chi connectivity index (χ0) is 44.4. The van der Waals surface area contributed by atoms with Crippen LogP contribution in [0.4, 0.5) is 11.4 Å². The van der Waals surface area contributed by atoms with Gasteiger partial charge in [-0.3, -0.25) is 9.59 Å². The fraction of sp³-hybridized carbons (Fsp3) is 0.0370. The van der Waals surface area contributed by atoms with Crippen molar-refractivity contribution < 1.29 is 38.1 Å². The van der Waals surface area contributed by atoms with Gasteiger partial charge in [0.15, 0.2) is 0 Å². The third-order valence-corrected chi connectivity index (χ3v) is 10.3. The lowest BCUT2D eigenvalue weighted by molar-refractivity contribution is -0.129. The van der Waals surface area contributed by atoms with Crippen LogP contribution in [-0.4, -0.2) is 38.0 Å². The first-order valence-electron chi connectivity index (χ1n) is 20.2. The van der Waals surface area contributed by atoms with Crippen molar-refractivity contribution in [1.29, 1.82) is 0 Å². The number of amides is 2. The summed E-state index contributed by atoms with van der Waals surface area (Å²) in [7, 11) is 3.13. The third-order valence-electron chi connectivity index (χ3n) is 10.3. The smallest absolute Gasteiger partial charge is 0.336 e. The monoisotopic (exact) mass is 844 g/mol. The SMILES string of the molecule is COc1ccc(C(=O)Nc2ccc(/C=C/C(=O)Oc3ccc4ccccc4c3-c3c(OC(=O)/C=C/c4ccc(NC(=O)c5ccc(OC)cc5)cc4)ccc4ccccc34)cc2)cc1. The number of rotatable bonds is 13. The predicted octanol–water partition coefficient (Wildman–Crippen LogP) is 11.4. The number of anilines is 2. The molecule has 0 aliphatic carbocycles. The fourth-order valence-corrected chi connectivity index (χ4v) is 7.05. The van der Waals surface area contributed by atoms with Crippen LogP contribution in [0.2, 0.25) is 0 Å². The molecule has 0 fully saturated rings. The van der Waals surface area contributed by atoms with Gasteiger partial charge in [-0.2, -0.15) is 0 Å². The molecule has 0 bridgehead atoms. The number of hydrogen-bond acceptors (Lipinski definition) is 8. The Morgan fingerprint density at radius 1 is 0.422 bits per heavy atom. The molecule has 0 aliphatic heterocycles. The highest BCUT2D eigenvalue weighted by Gasteiger charge is 2.21. The van der Waals surface area contributed by atoms with Crippen molar-refractivity contribution in [2.45, 2.75) is 0 Å². The summed E-state index contributed by atoms with van der Waals surface area (Å²) in [6, 6.07) is 50.4. The van der Waals surface area contributed by atoms with Gasteiger partial charge in [0, 0.05) is 45.8 Å². The van der Waals surface area contributed by atoms with E-state index in [4.69, 9.17) is 18.9 Å². The molecule has 64 heavy (non-hydrogen) atoms. The van der Waals surface area contributed by atoms with E-state index < -0.39 is 11.9 Å². The van der Waals surface area contributed by atoms with Gasteiger partial charge in [0.2, 0.25) is 0 Å². The summed E-state index contributed by atoms with van der Waals surface area (Å²) in [6.45, 7) is 0. The fourth-order valence-electron chi connectivity index (χ4n) is 7.05. The first-order chi connectivity index (χ1) is 31.2. The zero-order valence-electron chi connectivity index (χ0n) is 34.7. The highest BCUT2D eigenvalue weighted by Crippen LogP contribution is 2.45. The Hall–Kier alpha value is -8.76. The van der Waals surface area contributed by atoms with Gasteiger partial charge in [-0.15, -0.1) is 0 Å². The lowest BCUT2D eigenvalue weighted by Crippen LogP contribution is -2.11. The minimum Gasteiger partial charge on any atom is -0.497 e. The van der Waals surface area contributed by atoms with Crippen molar-refractivity contribution >= 4 is 68.8 Å². The molecule has 10 nitrogen and oxygen atoms in total. The summed E-state index contributed by atoms with van der Waals surface area (Å²) >= 11 is 0. The van der Waals surface area contributed by atoms with Crippen molar-refractivity contribution in [3.05, 3.63) is 204 Å². The number of fused-ring (bicyclic) bond motifs is 2. The molecule has 2 amide bonds. The average Bonchev–Trinajstić information content (AvgIpc) is 3.33. The number of nitrogens with one attached hydrogen (secondary N) is 2. The van der Waals surface area contributed by atoms with E-state index in [-0.39, 0.29) is 23.3 Å². The minimum absolute atomic E-state index is 0.265. The largest absolute Gasteiger partial charge is 0.497 e. The third kappa shape index (κ3) is 9.88.